The number of fused-ring (bicyclic) bond motifs is 2. The predicted octanol–water partition coefficient (Wildman–Crippen LogP) is 4.53. The number of nitrogens with one attached hydrogen (secondary N) is 1. The first-order chi connectivity index (χ1) is 9.65. The molecule has 0 spiro atoms. The molecule has 2 aromatic heterocycles. The molecule has 1 atom stereocenters. The Balaban J connectivity index is 2.16. The van der Waals surface area contributed by atoms with Gasteiger partial charge in [-0.15, -0.1) is 0 Å². The largest absolute Gasteiger partial charge is 0.461 e. The number of furan rings is 2. The summed E-state index contributed by atoms with van der Waals surface area (Å²) in [5.41, 5.74) is 4.51. The Morgan fingerprint density at radius 2 is 1.70 bits per heavy atom. The summed E-state index contributed by atoms with van der Waals surface area (Å²) in [4.78, 5) is 0. The minimum atomic E-state index is 0.378. The van der Waals surface area contributed by atoms with Gasteiger partial charge in [0.15, 0.2) is 0 Å². The van der Waals surface area contributed by atoms with Crippen molar-refractivity contribution < 1.29 is 8.83 Å². The molecule has 1 N–H and O–H groups in total. The molecular formula is C17H19NO2. The second-order valence-corrected chi connectivity index (χ2v) is 5.89. The molecule has 3 nitrogen and oxygen atoms in total. The molecule has 0 aliphatic carbocycles. The molecule has 3 aromatic rings. The lowest BCUT2D eigenvalue weighted by Gasteiger charge is -2.13. The molecule has 1 saturated heterocycles. The summed E-state index contributed by atoms with van der Waals surface area (Å²) >= 11 is 0. The van der Waals surface area contributed by atoms with Gasteiger partial charge in [-0.3, -0.25) is 0 Å². The minimum absolute atomic E-state index is 0.378. The molecule has 1 aliphatic rings. The molecule has 104 valence electrons. The lowest BCUT2D eigenvalue weighted by Crippen LogP contribution is -2.13. The first-order valence-corrected chi connectivity index (χ1v) is 7.31. The Kier molecular flexibility index (Phi) is 2.48. The van der Waals surface area contributed by atoms with Crippen LogP contribution in [0.25, 0.3) is 21.9 Å². The normalized spacial score (nSPS) is 19.4. The van der Waals surface area contributed by atoms with E-state index in [4.69, 9.17) is 8.83 Å². The molecule has 0 bridgehead atoms. The molecule has 0 radical (unpaired) electrons. The third kappa shape index (κ3) is 1.56. The van der Waals surface area contributed by atoms with Crippen LogP contribution in [0.1, 0.15) is 41.5 Å². The summed E-state index contributed by atoms with van der Waals surface area (Å²) in [5.74, 6) is 1.93. The minimum Gasteiger partial charge on any atom is -0.461 e. The first-order valence-electron chi connectivity index (χ1n) is 7.31. The molecule has 3 heterocycles. The smallest absolute Gasteiger partial charge is 0.140 e. The fraction of sp³-hybridized carbons (Fsp3) is 0.412. The van der Waals surface area contributed by atoms with E-state index in [9.17, 15) is 0 Å². The van der Waals surface area contributed by atoms with Crippen LogP contribution >= 0.6 is 0 Å². The number of hydrogen-bond acceptors (Lipinski definition) is 3. The van der Waals surface area contributed by atoms with Crippen LogP contribution in [-0.4, -0.2) is 6.54 Å². The van der Waals surface area contributed by atoms with E-state index >= 15 is 0 Å². The van der Waals surface area contributed by atoms with Crippen molar-refractivity contribution in [3.8, 4) is 0 Å². The van der Waals surface area contributed by atoms with Gasteiger partial charge < -0.3 is 14.2 Å². The van der Waals surface area contributed by atoms with E-state index in [0.717, 1.165) is 35.7 Å². The fourth-order valence-electron chi connectivity index (χ4n) is 3.51. The Bertz CT molecular complexity index is 746. The summed E-state index contributed by atoms with van der Waals surface area (Å²) in [6.45, 7) is 7.23. The summed E-state index contributed by atoms with van der Waals surface area (Å²) in [6.07, 6.45) is 2.38. The highest BCUT2D eigenvalue weighted by atomic mass is 16.3. The van der Waals surface area contributed by atoms with Gasteiger partial charge >= 0.3 is 0 Å². The molecule has 4 rings (SSSR count). The van der Waals surface area contributed by atoms with Gasteiger partial charge in [0.1, 0.15) is 22.7 Å². The highest BCUT2D eigenvalue weighted by Gasteiger charge is 2.26. The van der Waals surface area contributed by atoms with Crippen molar-refractivity contribution in [3.63, 3.8) is 0 Å². The van der Waals surface area contributed by atoms with E-state index in [1.807, 2.05) is 13.8 Å². The van der Waals surface area contributed by atoms with Crippen molar-refractivity contribution in [2.24, 2.45) is 0 Å². The van der Waals surface area contributed by atoms with Gasteiger partial charge in [-0.2, -0.15) is 0 Å². The van der Waals surface area contributed by atoms with Gasteiger partial charge in [0.25, 0.3) is 0 Å². The summed E-state index contributed by atoms with van der Waals surface area (Å²) in [6, 6.07) is 4.65. The lowest BCUT2D eigenvalue weighted by molar-refractivity contribution is 0.560. The lowest BCUT2D eigenvalue weighted by atomic mass is 9.96. The highest BCUT2D eigenvalue weighted by Crippen LogP contribution is 2.41. The van der Waals surface area contributed by atoms with Gasteiger partial charge in [0.05, 0.1) is 0 Å². The maximum atomic E-state index is 6.03. The van der Waals surface area contributed by atoms with Gasteiger partial charge in [0, 0.05) is 27.9 Å². The SMILES string of the molecule is Cc1cc2c(C3CCCN3)c3oc(C)cc3c(C)c2o1. The molecule has 1 fully saturated rings. The molecule has 20 heavy (non-hydrogen) atoms. The van der Waals surface area contributed by atoms with Crippen LogP contribution < -0.4 is 5.32 Å². The Labute approximate surface area is 117 Å². The zero-order chi connectivity index (χ0) is 13.9. The quantitative estimate of drug-likeness (QED) is 0.705. The van der Waals surface area contributed by atoms with Gasteiger partial charge in [-0.1, -0.05) is 0 Å². The van der Waals surface area contributed by atoms with Crippen LogP contribution in [0.3, 0.4) is 0 Å². The molecule has 1 unspecified atom stereocenters. The van der Waals surface area contributed by atoms with E-state index in [2.05, 4.69) is 24.4 Å². The zero-order valence-electron chi connectivity index (χ0n) is 12.2. The number of aryl methyl sites for hydroxylation is 3. The Morgan fingerprint density at radius 1 is 1.00 bits per heavy atom. The zero-order valence-corrected chi connectivity index (χ0v) is 12.2. The van der Waals surface area contributed by atoms with Crippen molar-refractivity contribution >= 4 is 21.9 Å². The second kappa shape index (κ2) is 4.13. The van der Waals surface area contributed by atoms with Crippen LogP contribution in [0, 0.1) is 20.8 Å². The van der Waals surface area contributed by atoms with Crippen LogP contribution in [0.15, 0.2) is 21.0 Å². The summed E-state index contributed by atoms with van der Waals surface area (Å²) in [7, 11) is 0. The van der Waals surface area contributed by atoms with E-state index in [1.165, 1.54) is 28.3 Å². The third-order valence-corrected chi connectivity index (χ3v) is 4.40. The average Bonchev–Trinajstić information content (AvgIpc) is 3.09. The number of hydrogen-bond donors (Lipinski definition) is 1. The fourth-order valence-corrected chi connectivity index (χ4v) is 3.51. The average molecular weight is 269 g/mol. The van der Waals surface area contributed by atoms with E-state index in [0.29, 0.717) is 6.04 Å². The molecule has 1 aromatic carbocycles. The van der Waals surface area contributed by atoms with Gasteiger partial charge in [-0.25, -0.2) is 0 Å². The number of rotatable bonds is 1. The van der Waals surface area contributed by atoms with Crippen molar-refractivity contribution in [1.82, 2.24) is 5.32 Å². The predicted molar refractivity (Wildman–Crippen MR) is 80.2 cm³/mol. The summed E-state index contributed by atoms with van der Waals surface area (Å²) < 4.78 is 12.0. The monoisotopic (exact) mass is 269 g/mol. The second-order valence-electron chi connectivity index (χ2n) is 5.89. The van der Waals surface area contributed by atoms with E-state index < -0.39 is 0 Å². The van der Waals surface area contributed by atoms with Crippen LogP contribution in [0.5, 0.6) is 0 Å². The first kappa shape index (κ1) is 12.0. The molecule has 1 aliphatic heterocycles. The van der Waals surface area contributed by atoms with Crippen molar-refractivity contribution in [2.75, 3.05) is 6.54 Å². The third-order valence-electron chi connectivity index (χ3n) is 4.40. The standard InChI is InChI=1S/C17H19NO2/c1-9-7-12-11(3)16-13(8-10(2)19-16)15(17(12)20-9)14-5-4-6-18-14/h7-8,14,18H,4-6H2,1-3H3. The maximum Gasteiger partial charge on any atom is 0.140 e. The van der Waals surface area contributed by atoms with Gasteiger partial charge in [0.2, 0.25) is 0 Å². The molecule has 3 heteroatoms. The molecular weight excluding hydrogens is 250 g/mol. The topological polar surface area (TPSA) is 38.3 Å². The Morgan fingerprint density at radius 3 is 2.40 bits per heavy atom. The maximum absolute atomic E-state index is 6.03. The van der Waals surface area contributed by atoms with Gasteiger partial charge in [-0.05, 0) is 52.3 Å². The molecule has 0 amide bonds. The van der Waals surface area contributed by atoms with Crippen LogP contribution in [0.4, 0.5) is 0 Å². The van der Waals surface area contributed by atoms with Crippen molar-refractivity contribution in [2.45, 2.75) is 39.7 Å². The van der Waals surface area contributed by atoms with E-state index in [1.54, 1.807) is 0 Å². The van der Waals surface area contributed by atoms with E-state index in [-0.39, 0.29) is 0 Å². The summed E-state index contributed by atoms with van der Waals surface area (Å²) in [5, 5.41) is 5.99. The number of benzene rings is 1. The highest BCUT2D eigenvalue weighted by molar-refractivity contribution is 6.02. The van der Waals surface area contributed by atoms with Crippen molar-refractivity contribution in [3.05, 3.63) is 34.8 Å². The molecule has 0 saturated carbocycles. The van der Waals surface area contributed by atoms with Crippen LogP contribution in [0.2, 0.25) is 0 Å². The van der Waals surface area contributed by atoms with Crippen LogP contribution in [-0.2, 0) is 0 Å². The Hall–Kier alpha value is -1.74. The van der Waals surface area contributed by atoms with Crippen molar-refractivity contribution in [1.29, 1.82) is 0 Å².